The highest BCUT2D eigenvalue weighted by Gasteiger charge is 2.13. The Hall–Kier alpha value is -2.73. The smallest absolute Gasteiger partial charge is 0.224 e. The quantitative estimate of drug-likeness (QED) is 0.613. The Morgan fingerprint density at radius 2 is 2.08 bits per heavy atom. The van der Waals surface area contributed by atoms with Gasteiger partial charge in [-0.3, -0.25) is 14.2 Å². The molecule has 1 N–H and O–H groups in total. The molecule has 0 aliphatic carbocycles. The number of fused-ring (bicyclic) bond motifs is 2. The Balaban J connectivity index is 1.50. The summed E-state index contributed by atoms with van der Waals surface area (Å²) in [5.74, 6) is -0.0142. The molecule has 0 unspecified atom stereocenters. The first kappa shape index (κ1) is 15.8. The molecule has 3 heterocycles. The van der Waals surface area contributed by atoms with Crippen LogP contribution in [0.15, 0.2) is 42.0 Å². The zero-order valence-electron chi connectivity index (χ0n) is 14.1. The normalized spacial score (nSPS) is 11.3. The van der Waals surface area contributed by atoms with Crippen LogP contribution in [0.5, 0.6) is 0 Å². The maximum Gasteiger partial charge on any atom is 0.224 e. The number of nitrogens with one attached hydrogen (secondary N) is 1. The molecule has 0 saturated carbocycles. The highest BCUT2D eigenvalue weighted by Crippen LogP contribution is 2.22. The number of para-hydroxylation sites is 1. The fourth-order valence-corrected chi connectivity index (χ4v) is 3.82. The van der Waals surface area contributed by atoms with E-state index >= 15 is 0 Å². The van der Waals surface area contributed by atoms with Crippen LogP contribution in [-0.2, 0) is 17.8 Å². The van der Waals surface area contributed by atoms with Gasteiger partial charge in [-0.2, -0.15) is 0 Å². The first-order valence-electron chi connectivity index (χ1n) is 8.14. The molecule has 25 heavy (non-hydrogen) atoms. The summed E-state index contributed by atoms with van der Waals surface area (Å²) in [5, 5.41) is 6.05. The van der Waals surface area contributed by atoms with Gasteiger partial charge in [-0.05, 0) is 31.0 Å². The summed E-state index contributed by atoms with van der Waals surface area (Å²) in [6.45, 7) is 4.46. The molecule has 1 aromatic carbocycles. The topological polar surface area (TPSA) is 59.3 Å². The molecule has 0 spiro atoms. The molecule has 0 bridgehead atoms. The Kier molecular flexibility index (Phi) is 3.97. The molecule has 6 heteroatoms. The van der Waals surface area contributed by atoms with Gasteiger partial charge in [0.15, 0.2) is 4.96 Å². The molecule has 0 aliphatic rings. The minimum Gasteiger partial charge on any atom is -0.350 e. The van der Waals surface area contributed by atoms with Gasteiger partial charge in [0, 0.05) is 28.9 Å². The zero-order chi connectivity index (χ0) is 17.4. The molecule has 4 aromatic rings. The van der Waals surface area contributed by atoms with Gasteiger partial charge in [-0.1, -0.05) is 18.2 Å². The third kappa shape index (κ3) is 3.00. The first-order chi connectivity index (χ1) is 12.1. The lowest BCUT2D eigenvalue weighted by molar-refractivity contribution is -0.120. The van der Waals surface area contributed by atoms with Gasteiger partial charge in [0.25, 0.3) is 0 Å². The first-order valence-corrected chi connectivity index (χ1v) is 9.02. The van der Waals surface area contributed by atoms with Gasteiger partial charge in [0.2, 0.25) is 5.91 Å². The second-order valence-corrected chi connectivity index (χ2v) is 6.97. The van der Waals surface area contributed by atoms with Crippen molar-refractivity contribution in [3.8, 4) is 0 Å². The fraction of sp³-hybridized carbons (Fsp3) is 0.211. The third-order valence-corrected chi connectivity index (χ3v) is 5.20. The Morgan fingerprint density at radius 1 is 1.24 bits per heavy atom. The summed E-state index contributed by atoms with van der Waals surface area (Å²) in [6.07, 6.45) is 4.24. The van der Waals surface area contributed by atoms with Crippen molar-refractivity contribution < 1.29 is 4.79 Å². The molecule has 0 atom stereocenters. The van der Waals surface area contributed by atoms with Crippen molar-refractivity contribution in [3.63, 3.8) is 0 Å². The van der Waals surface area contributed by atoms with E-state index in [1.165, 1.54) is 0 Å². The van der Waals surface area contributed by atoms with Gasteiger partial charge in [-0.25, -0.2) is 4.98 Å². The molecule has 1 amide bonds. The van der Waals surface area contributed by atoms with Crippen molar-refractivity contribution in [3.05, 3.63) is 64.6 Å². The highest BCUT2D eigenvalue weighted by molar-refractivity contribution is 7.15. The van der Waals surface area contributed by atoms with Crippen LogP contribution in [0, 0.1) is 13.8 Å². The molecule has 3 aromatic heterocycles. The molecule has 0 radical (unpaired) electrons. The van der Waals surface area contributed by atoms with Crippen LogP contribution >= 0.6 is 11.3 Å². The Bertz CT molecular complexity index is 1050. The minimum absolute atomic E-state index is 0.0142. The summed E-state index contributed by atoms with van der Waals surface area (Å²) < 4.78 is 1.97. The number of hydrogen-bond acceptors (Lipinski definition) is 4. The summed E-state index contributed by atoms with van der Waals surface area (Å²) in [4.78, 5) is 22.5. The van der Waals surface area contributed by atoms with Crippen molar-refractivity contribution in [1.29, 1.82) is 0 Å². The number of amides is 1. The number of nitrogens with zero attached hydrogens (tertiary/aromatic N) is 3. The van der Waals surface area contributed by atoms with Crippen LogP contribution in [-0.4, -0.2) is 20.3 Å². The SMILES string of the molecule is Cc1nc2ccccc2c(C)c1CC(=O)NCc1cn2ccsc2n1. The largest absolute Gasteiger partial charge is 0.350 e. The van der Waals surface area contributed by atoms with Crippen LogP contribution < -0.4 is 5.32 Å². The van der Waals surface area contributed by atoms with E-state index in [1.54, 1.807) is 11.3 Å². The maximum absolute atomic E-state index is 12.4. The number of imidazole rings is 1. The number of pyridine rings is 1. The predicted octanol–water partition coefficient (Wildman–Crippen LogP) is 3.42. The second-order valence-electron chi connectivity index (χ2n) is 6.10. The number of carbonyl (C=O) groups is 1. The number of hydrogen-bond donors (Lipinski definition) is 1. The summed E-state index contributed by atoms with van der Waals surface area (Å²) in [7, 11) is 0. The van der Waals surface area contributed by atoms with Crippen molar-refractivity contribution in [2.75, 3.05) is 0 Å². The predicted molar refractivity (Wildman–Crippen MR) is 99.8 cm³/mol. The van der Waals surface area contributed by atoms with Crippen LogP contribution in [0.1, 0.15) is 22.5 Å². The monoisotopic (exact) mass is 350 g/mol. The van der Waals surface area contributed by atoms with Gasteiger partial charge >= 0.3 is 0 Å². The number of aromatic nitrogens is 3. The maximum atomic E-state index is 12.4. The minimum atomic E-state index is -0.0142. The molecule has 4 rings (SSSR count). The van der Waals surface area contributed by atoms with Crippen molar-refractivity contribution in [2.24, 2.45) is 0 Å². The molecule has 5 nitrogen and oxygen atoms in total. The summed E-state index contributed by atoms with van der Waals surface area (Å²) >= 11 is 1.58. The van der Waals surface area contributed by atoms with Crippen LogP contribution in [0.2, 0.25) is 0 Å². The Labute approximate surface area is 149 Å². The van der Waals surface area contributed by atoms with E-state index in [9.17, 15) is 4.79 Å². The van der Waals surface area contributed by atoms with E-state index in [-0.39, 0.29) is 5.91 Å². The van der Waals surface area contributed by atoms with Crippen molar-refractivity contribution >= 4 is 33.1 Å². The van der Waals surface area contributed by atoms with E-state index in [1.807, 2.05) is 47.3 Å². The molecular formula is C19H18N4OS. The van der Waals surface area contributed by atoms with E-state index in [2.05, 4.69) is 28.3 Å². The van der Waals surface area contributed by atoms with Crippen LogP contribution in [0.4, 0.5) is 0 Å². The van der Waals surface area contributed by atoms with E-state index in [0.29, 0.717) is 13.0 Å². The lowest BCUT2D eigenvalue weighted by atomic mass is 9.99. The van der Waals surface area contributed by atoms with Gasteiger partial charge in [0.1, 0.15) is 0 Å². The number of thiazole rings is 1. The summed E-state index contributed by atoms with van der Waals surface area (Å²) in [6, 6.07) is 8.04. The van der Waals surface area contributed by atoms with Crippen molar-refractivity contribution in [2.45, 2.75) is 26.8 Å². The van der Waals surface area contributed by atoms with E-state index < -0.39 is 0 Å². The van der Waals surface area contributed by atoms with Gasteiger partial charge in [-0.15, -0.1) is 11.3 Å². The molecule has 126 valence electrons. The number of rotatable bonds is 4. The fourth-order valence-electron chi connectivity index (χ4n) is 3.10. The zero-order valence-corrected chi connectivity index (χ0v) is 14.9. The molecule has 0 saturated heterocycles. The lowest BCUT2D eigenvalue weighted by Gasteiger charge is -2.12. The number of aryl methyl sites for hydroxylation is 2. The summed E-state index contributed by atoms with van der Waals surface area (Å²) in [5.41, 5.74) is 4.88. The average Bonchev–Trinajstić information content (AvgIpc) is 3.18. The van der Waals surface area contributed by atoms with E-state index in [4.69, 9.17) is 0 Å². The molecule has 0 fully saturated rings. The van der Waals surface area contributed by atoms with E-state index in [0.717, 1.165) is 38.4 Å². The van der Waals surface area contributed by atoms with Crippen LogP contribution in [0.3, 0.4) is 0 Å². The average molecular weight is 350 g/mol. The number of carbonyl (C=O) groups excluding carboxylic acids is 1. The second kappa shape index (κ2) is 6.29. The third-order valence-electron chi connectivity index (χ3n) is 4.43. The number of benzene rings is 1. The lowest BCUT2D eigenvalue weighted by Crippen LogP contribution is -2.25. The van der Waals surface area contributed by atoms with Crippen LogP contribution in [0.25, 0.3) is 15.9 Å². The molecule has 0 aliphatic heterocycles. The Morgan fingerprint density at radius 3 is 2.92 bits per heavy atom. The standard InChI is InChI=1S/C19H18N4OS/c1-12-15-5-3-4-6-17(15)21-13(2)16(12)9-18(24)20-10-14-11-23-7-8-25-19(23)22-14/h3-8,11H,9-10H2,1-2H3,(H,20,24). The van der Waals surface area contributed by atoms with Gasteiger partial charge < -0.3 is 5.32 Å². The van der Waals surface area contributed by atoms with Gasteiger partial charge in [0.05, 0.1) is 24.2 Å². The van der Waals surface area contributed by atoms with Crippen molar-refractivity contribution in [1.82, 2.24) is 19.7 Å². The highest BCUT2D eigenvalue weighted by atomic mass is 32.1. The molecular weight excluding hydrogens is 332 g/mol.